The maximum Gasteiger partial charge on any atom is 0.341 e. The molecule has 0 saturated carbocycles. The second kappa shape index (κ2) is 10.5. The standard InChI is InChI=1S/C20H29N5O3S2/c1-7-24(8-2)18(26)16-12(4)15(19(27)28-6)17(30-16)22-20(29)21-10-14-11-25(9-3)23-13(14)5/h11H,7-10H2,1-6H3,(H2,21,22,29). The van der Waals surface area contributed by atoms with Crippen LogP contribution in [0.5, 0.6) is 0 Å². The van der Waals surface area contributed by atoms with Crippen LogP contribution in [0.2, 0.25) is 0 Å². The predicted molar refractivity (Wildman–Crippen MR) is 123 cm³/mol. The van der Waals surface area contributed by atoms with Gasteiger partial charge in [-0.05, 0) is 52.4 Å². The van der Waals surface area contributed by atoms with Gasteiger partial charge in [0.25, 0.3) is 5.91 Å². The highest BCUT2D eigenvalue weighted by Gasteiger charge is 2.27. The molecule has 2 N–H and O–H groups in total. The van der Waals surface area contributed by atoms with Gasteiger partial charge in [-0.2, -0.15) is 5.10 Å². The molecule has 0 saturated heterocycles. The number of amides is 1. The van der Waals surface area contributed by atoms with Crippen molar-refractivity contribution in [2.75, 3.05) is 25.5 Å². The van der Waals surface area contributed by atoms with Crippen LogP contribution in [0.4, 0.5) is 5.00 Å². The third kappa shape index (κ3) is 5.17. The third-order valence-corrected chi connectivity index (χ3v) is 6.26. The number of esters is 1. The number of thiocarbonyl (C=S) groups is 1. The molecular formula is C20H29N5O3S2. The summed E-state index contributed by atoms with van der Waals surface area (Å²) in [6.07, 6.45) is 1.97. The monoisotopic (exact) mass is 451 g/mol. The van der Waals surface area contributed by atoms with Gasteiger partial charge in [0.15, 0.2) is 5.11 Å². The van der Waals surface area contributed by atoms with Crippen LogP contribution in [0.3, 0.4) is 0 Å². The number of thiophene rings is 1. The lowest BCUT2D eigenvalue weighted by Gasteiger charge is -2.17. The number of nitrogens with zero attached hydrogens (tertiary/aromatic N) is 3. The highest BCUT2D eigenvalue weighted by molar-refractivity contribution is 7.80. The van der Waals surface area contributed by atoms with Crippen LogP contribution in [-0.2, 0) is 17.8 Å². The zero-order valence-electron chi connectivity index (χ0n) is 18.3. The fraction of sp³-hybridized carbons (Fsp3) is 0.500. The van der Waals surface area contributed by atoms with Crippen LogP contribution in [0, 0.1) is 13.8 Å². The summed E-state index contributed by atoms with van der Waals surface area (Å²) in [5, 5.41) is 11.5. The normalized spacial score (nSPS) is 10.6. The molecule has 0 radical (unpaired) electrons. The van der Waals surface area contributed by atoms with Crippen LogP contribution in [0.15, 0.2) is 6.20 Å². The summed E-state index contributed by atoms with van der Waals surface area (Å²) in [4.78, 5) is 27.5. The molecular weight excluding hydrogens is 422 g/mol. The van der Waals surface area contributed by atoms with Crippen LogP contribution in [0.25, 0.3) is 0 Å². The number of aromatic nitrogens is 2. The highest BCUT2D eigenvalue weighted by Crippen LogP contribution is 2.34. The Morgan fingerprint density at radius 3 is 2.47 bits per heavy atom. The van der Waals surface area contributed by atoms with Gasteiger partial charge in [0.1, 0.15) is 5.00 Å². The van der Waals surface area contributed by atoms with Gasteiger partial charge in [-0.25, -0.2) is 4.79 Å². The van der Waals surface area contributed by atoms with E-state index in [1.54, 1.807) is 11.8 Å². The summed E-state index contributed by atoms with van der Waals surface area (Å²) in [6.45, 7) is 12.1. The Labute approximate surface area is 186 Å². The summed E-state index contributed by atoms with van der Waals surface area (Å²) >= 11 is 6.63. The summed E-state index contributed by atoms with van der Waals surface area (Å²) in [5.74, 6) is -0.616. The number of carbonyl (C=O) groups excluding carboxylic acids is 2. The second-order valence-corrected chi connectivity index (χ2v) is 8.06. The van der Waals surface area contributed by atoms with Crippen molar-refractivity contribution < 1.29 is 14.3 Å². The van der Waals surface area contributed by atoms with Gasteiger partial charge in [-0.15, -0.1) is 11.3 Å². The lowest BCUT2D eigenvalue weighted by atomic mass is 10.1. The Bertz CT molecular complexity index is 931. The summed E-state index contributed by atoms with van der Waals surface area (Å²) in [6, 6.07) is 0. The average Bonchev–Trinajstić information content (AvgIpc) is 3.25. The maximum atomic E-state index is 12.9. The van der Waals surface area contributed by atoms with E-state index in [2.05, 4.69) is 15.7 Å². The Balaban J connectivity index is 2.23. The van der Waals surface area contributed by atoms with E-state index in [1.165, 1.54) is 18.4 Å². The van der Waals surface area contributed by atoms with E-state index in [-0.39, 0.29) is 5.91 Å². The van der Waals surface area contributed by atoms with E-state index in [0.29, 0.717) is 45.8 Å². The highest BCUT2D eigenvalue weighted by atomic mass is 32.1. The first-order chi connectivity index (χ1) is 14.3. The molecule has 2 heterocycles. The van der Waals surface area contributed by atoms with Gasteiger partial charge in [0.2, 0.25) is 0 Å². The molecule has 30 heavy (non-hydrogen) atoms. The number of carbonyl (C=O) groups is 2. The van der Waals surface area contributed by atoms with E-state index in [4.69, 9.17) is 17.0 Å². The number of anilines is 1. The van der Waals surface area contributed by atoms with Crippen molar-refractivity contribution in [1.82, 2.24) is 20.0 Å². The van der Waals surface area contributed by atoms with Crippen molar-refractivity contribution in [1.29, 1.82) is 0 Å². The smallest absolute Gasteiger partial charge is 0.341 e. The van der Waals surface area contributed by atoms with Gasteiger partial charge in [0.05, 0.1) is 23.2 Å². The van der Waals surface area contributed by atoms with E-state index >= 15 is 0 Å². The number of rotatable bonds is 8. The molecule has 2 rings (SSSR count). The summed E-state index contributed by atoms with van der Waals surface area (Å²) in [5.41, 5.74) is 2.89. The largest absolute Gasteiger partial charge is 0.465 e. The molecule has 2 aromatic rings. The van der Waals surface area contributed by atoms with Crippen molar-refractivity contribution in [3.8, 4) is 0 Å². The zero-order chi connectivity index (χ0) is 22.4. The minimum absolute atomic E-state index is 0.109. The maximum absolute atomic E-state index is 12.9. The number of nitrogens with one attached hydrogen (secondary N) is 2. The van der Waals surface area contributed by atoms with Gasteiger partial charge in [-0.1, -0.05) is 0 Å². The van der Waals surface area contributed by atoms with E-state index < -0.39 is 5.97 Å². The molecule has 0 aliphatic heterocycles. The number of aryl methyl sites for hydroxylation is 2. The molecule has 2 aromatic heterocycles. The Morgan fingerprint density at radius 1 is 1.27 bits per heavy atom. The van der Waals surface area contributed by atoms with Crippen molar-refractivity contribution in [3.63, 3.8) is 0 Å². The van der Waals surface area contributed by atoms with Crippen molar-refractivity contribution >= 4 is 45.5 Å². The van der Waals surface area contributed by atoms with Crippen LogP contribution in [-0.4, -0.2) is 51.9 Å². The first kappa shape index (κ1) is 23.8. The first-order valence-electron chi connectivity index (χ1n) is 9.85. The number of methoxy groups -OCH3 is 1. The fourth-order valence-corrected chi connectivity index (χ4v) is 4.43. The zero-order valence-corrected chi connectivity index (χ0v) is 19.9. The van der Waals surface area contributed by atoms with Crippen LogP contribution >= 0.6 is 23.6 Å². The molecule has 0 aliphatic rings. The van der Waals surface area contributed by atoms with Crippen LogP contribution < -0.4 is 10.6 Å². The molecule has 1 amide bonds. The van der Waals surface area contributed by atoms with E-state index in [1.807, 2.05) is 38.6 Å². The molecule has 0 fully saturated rings. The molecule has 8 nitrogen and oxygen atoms in total. The van der Waals surface area contributed by atoms with Gasteiger partial charge < -0.3 is 20.3 Å². The summed E-state index contributed by atoms with van der Waals surface area (Å²) in [7, 11) is 1.32. The number of ether oxygens (including phenoxy) is 1. The van der Waals surface area contributed by atoms with E-state index in [0.717, 1.165) is 17.8 Å². The van der Waals surface area contributed by atoms with Crippen LogP contribution in [0.1, 0.15) is 57.6 Å². The first-order valence-corrected chi connectivity index (χ1v) is 11.1. The van der Waals surface area contributed by atoms with Gasteiger partial charge in [0, 0.05) is 37.9 Å². The molecule has 0 unspecified atom stereocenters. The summed E-state index contributed by atoms with van der Waals surface area (Å²) < 4.78 is 6.80. The molecule has 0 aliphatic carbocycles. The lowest BCUT2D eigenvalue weighted by Crippen LogP contribution is -2.30. The molecule has 0 spiro atoms. The molecule has 164 valence electrons. The number of hydrogen-bond acceptors (Lipinski definition) is 6. The van der Waals surface area contributed by atoms with Crippen molar-refractivity contribution in [2.24, 2.45) is 0 Å². The fourth-order valence-electron chi connectivity index (χ4n) is 3.03. The quantitative estimate of drug-likeness (QED) is 0.470. The van der Waals surface area contributed by atoms with Crippen molar-refractivity contribution in [2.45, 2.75) is 47.7 Å². The topological polar surface area (TPSA) is 88.5 Å². The van der Waals surface area contributed by atoms with Gasteiger partial charge in [-0.3, -0.25) is 9.48 Å². The molecule has 0 atom stereocenters. The Hall–Kier alpha value is -2.46. The number of hydrogen-bond donors (Lipinski definition) is 2. The Morgan fingerprint density at radius 2 is 1.93 bits per heavy atom. The minimum Gasteiger partial charge on any atom is -0.465 e. The lowest BCUT2D eigenvalue weighted by molar-refractivity contribution is 0.0601. The SMILES string of the molecule is CCN(CC)C(=O)c1sc(NC(=S)NCc2cn(CC)nc2C)c(C(=O)OC)c1C. The van der Waals surface area contributed by atoms with Gasteiger partial charge >= 0.3 is 5.97 Å². The Kier molecular flexibility index (Phi) is 8.36. The van der Waals surface area contributed by atoms with Crippen molar-refractivity contribution in [3.05, 3.63) is 33.5 Å². The predicted octanol–water partition coefficient (Wildman–Crippen LogP) is 3.34. The minimum atomic E-state index is -0.507. The molecule has 0 aromatic carbocycles. The van der Waals surface area contributed by atoms with E-state index in [9.17, 15) is 9.59 Å². The molecule has 10 heteroatoms. The molecule has 0 bridgehead atoms. The second-order valence-electron chi connectivity index (χ2n) is 6.63. The average molecular weight is 452 g/mol. The third-order valence-electron chi connectivity index (χ3n) is 4.82.